The second-order valence-corrected chi connectivity index (χ2v) is 9.55. The predicted molar refractivity (Wildman–Crippen MR) is 118 cm³/mol. The van der Waals surface area contributed by atoms with E-state index in [-0.39, 0.29) is 17.8 Å². The molecule has 1 saturated heterocycles. The van der Waals surface area contributed by atoms with E-state index in [4.69, 9.17) is 9.47 Å². The van der Waals surface area contributed by atoms with E-state index in [1.165, 1.54) is 0 Å². The van der Waals surface area contributed by atoms with E-state index in [1.807, 2.05) is 69.3 Å². The van der Waals surface area contributed by atoms with Crippen LogP contribution in [0.5, 0.6) is 5.75 Å². The van der Waals surface area contributed by atoms with Crippen LogP contribution in [0.3, 0.4) is 0 Å². The highest BCUT2D eigenvalue weighted by atomic mass is 32.2. The number of ketones is 1. The van der Waals surface area contributed by atoms with Gasteiger partial charge in [-0.25, -0.2) is 4.79 Å². The Morgan fingerprint density at radius 2 is 1.47 bits per heavy atom. The summed E-state index contributed by atoms with van der Waals surface area (Å²) in [6.07, 6.45) is 1.04. The first-order chi connectivity index (χ1) is 14.2. The van der Waals surface area contributed by atoms with Gasteiger partial charge in [0.2, 0.25) is 0 Å². The van der Waals surface area contributed by atoms with Crippen molar-refractivity contribution in [1.82, 2.24) is 4.90 Å². The molecule has 1 aliphatic heterocycles. The third-order valence-electron chi connectivity index (χ3n) is 4.95. The summed E-state index contributed by atoms with van der Waals surface area (Å²) in [5.74, 6) is 0.932. The number of piperidine rings is 1. The molecule has 0 bridgehead atoms. The van der Waals surface area contributed by atoms with Gasteiger partial charge in [0, 0.05) is 34.4 Å². The lowest BCUT2D eigenvalue weighted by Gasteiger charge is -2.33. The number of ether oxygens (including phenoxy) is 2. The maximum Gasteiger partial charge on any atom is 0.410 e. The van der Waals surface area contributed by atoms with E-state index in [2.05, 4.69) is 0 Å². The standard InChI is InChI=1S/C24H29NO4S/c1-24(2,3)29-23(27)25-15-13-18(14-16-25)22(26)17-5-9-20(10-6-17)30-21-11-7-19(28-4)8-12-21/h5-12,18H,13-16H2,1-4H3. The highest BCUT2D eigenvalue weighted by molar-refractivity contribution is 7.99. The van der Waals surface area contributed by atoms with Gasteiger partial charge in [-0.05, 0) is 70.0 Å². The molecule has 0 atom stereocenters. The molecule has 2 aromatic carbocycles. The average molecular weight is 428 g/mol. The van der Waals surface area contributed by atoms with Crippen LogP contribution >= 0.6 is 11.8 Å². The maximum absolute atomic E-state index is 12.9. The minimum absolute atomic E-state index is 0.0521. The Kier molecular flexibility index (Phi) is 7.08. The molecule has 3 rings (SSSR count). The Morgan fingerprint density at radius 1 is 0.933 bits per heavy atom. The van der Waals surface area contributed by atoms with E-state index in [0.717, 1.165) is 21.1 Å². The summed E-state index contributed by atoms with van der Waals surface area (Å²) in [5, 5.41) is 0. The summed E-state index contributed by atoms with van der Waals surface area (Å²) in [5.41, 5.74) is 0.222. The number of hydrogen-bond donors (Lipinski definition) is 0. The van der Waals surface area contributed by atoms with Crippen molar-refractivity contribution in [3.05, 3.63) is 54.1 Å². The molecule has 2 aromatic rings. The first-order valence-corrected chi connectivity index (χ1v) is 11.0. The summed E-state index contributed by atoms with van der Waals surface area (Å²) >= 11 is 1.65. The number of likely N-dealkylation sites (tertiary alicyclic amines) is 1. The quantitative estimate of drug-likeness (QED) is 0.575. The number of nitrogens with zero attached hydrogens (tertiary/aromatic N) is 1. The SMILES string of the molecule is COc1ccc(Sc2ccc(C(=O)C3CCN(C(=O)OC(C)(C)C)CC3)cc2)cc1. The zero-order valence-electron chi connectivity index (χ0n) is 18.0. The number of carbonyl (C=O) groups is 2. The summed E-state index contributed by atoms with van der Waals surface area (Å²) in [4.78, 5) is 29.0. The van der Waals surface area contributed by atoms with Crippen LogP contribution in [0.25, 0.3) is 0 Å². The lowest BCUT2D eigenvalue weighted by molar-refractivity contribution is 0.0182. The second kappa shape index (κ2) is 9.56. The first-order valence-electron chi connectivity index (χ1n) is 10.2. The Balaban J connectivity index is 1.54. The van der Waals surface area contributed by atoms with Crippen molar-refractivity contribution in [1.29, 1.82) is 0 Å². The monoisotopic (exact) mass is 427 g/mol. The Hall–Kier alpha value is -2.47. The highest BCUT2D eigenvalue weighted by Crippen LogP contribution is 2.30. The minimum Gasteiger partial charge on any atom is -0.497 e. The van der Waals surface area contributed by atoms with Gasteiger partial charge in [-0.15, -0.1) is 0 Å². The zero-order valence-corrected chi connectivity index (χ0v) is 18.8. The number of methoxy groups -OCH3 is 1. The van der Waals surface area contributed by atoms with Gasteiger partial charge in [0.15, 0.2) is 5.78 Å². The summed E-state index contributed by atoms with van der Waals surface area (Å²) in [6, 6.07) is 15.7. The van der Waals surface area contributed by atoms with Gasteiger partial charge in [-0.1, -0.05) is 23.9 Å². The minimum atomic E-state index is -0.505. The van der Waals surface area contributed by atoms with Crippen LogP contribution in [-0.2, 0) is 4.74 Å². The number of carbonyl (C=O) groups excluding carboxylic acids is 2. The Labute approximate surface area is 182 Å². The number of amides is 1. The molecule has 1 aliphatic rings. The highest BCUT2D eigenvalue weighted by Gasteiger charge is 2.30. The van der Waals surface area contributed by atoms with Gasteiger partial charge >= 0.3 is 6.09 Å². The van der Waals surface area contributed by atoms with Crippen molar-refractivity contribution in [2.45, 2.75) is 49.0 Å². The fraction of sp³-hybridized carbons (Fsp3) is 0.417. The molecule has 0 aromatic heterocycles. The van der Waals surface area contributed by atoms with E-state index < -0.39 is 5.60 Å². The third kappa shape index (κ3) is 6.02. The van der Waals surface area contributed by atoms with Crippen molar-refractivity contribution >= 4 is 23.6 Å². The van der Waals surface area contributed by atoms with Crippen LogP contribution in [0.4, 0.5) is 4.79 Å². The van der Waals surface area contributed by atoms with E-state index in [9.17, 15) is 9.59 Å². The molecule has 160 valence electrons. The first kappa shape index (κ1) is 22.2. The van der Waals surface area contributed by atoms with Gasteiger partial charge in [0.1, 0.15) is 11.4 Å². The van der Waals surface area contributed by atoms with E-state index >= 15 is 0 Å². The number of benzene rings is 2. The molecule has 30 heavy (non-hydrogen) atoms. The van der Waals surface area contributed by atoms with Crippen LogP contribution in [0.2, 0.25) is 0 Å². The number of rotatable bonds is 5. The maximum atomic E-state index is 12.9. The van der Waals surface area contributed by atoms with Crippen LogP contribution < -0.4 is 4.74 Å². The zero-order chi connectivity index (χ0) is 21.7. The molecule has 5 nitrogen and oxygen atoms in total. The molecule has 0 radical (unpaired) electrons. The van der Waals surface area contributed by atoms with Crippen molar-refractivity contribution in [3.63, 3.8) is 0 Å². The van der Waals surface area contributed by atoms with Crippen molar-refractivity contribution in [2.75, 3.05) is 20.2 Å². The van der Waals surface area contributed by atoms with Crippen LogP contribution in [0.15, 0.2) is 58.3 Å². The number of hydrogen-bond acceptors (Lipinski definition) is 5. The molecule has 0 saturated carbocycles. The van der Waals surface area contributed by atoms with E-state index in [1.54, 1.807) is 23.8 Å². The normalized spacial score (nSPS) is 15.0. The van der Waals surface area contributed by atoms with E-state index in [0.29, 0.717) is 25.9 Å². The van der Waals surface area contributed by atoms with Gasteiger partial charge in [-0.2, -0.15) is 0 Å². The molecule has 1 amide bonds. The summed E-state index contributed by atoms with van der Waals surface area (Å²) in [6.45, 7) is 6.68. The number of Topliss-reactive ketones (excluding diaryl/α,β-unsaturated/α-hetero) is 1. The molecule has 0 N–H and O–H groups in total. The molecule has 0 aliphatic carbocycles. The molecule has 1 heterocycles. The molecule has 0 spiro atoms. The molecule has 1 fully saturated rings. The van der Waals surface area contributed by atoms with Gasteiger partial charge in [0.25, 0.3) is 0 Å². The summed E-state index contributed by atoms with van der Waals surface area (Å²) < 4.78 is 10.6. The van der Waals surface area contributed by atoms with Crippen molar-refractivity contribution < 1.29 is 19.1 Å². The smallest absolute Gasteiger partial charge is 0.410 e. The van der Waals surface area contributed by atoms with Crippen LogP contribution in [0.1, 0.15) is 44.0 Å². The fourth-order valence-electron chi connectivity index (χ4n) is 3.35. The Morgan fingerprint density at radius 3 is 1.97 bits per heavy atom. The lowest BCUT2D eigenvalue weighted by atomic mass is 9.89. The second-order valence-electron chi connectivity index (χ2n) is 8.41. The van der Waals surface area contributed by atoms with Crippen LogP contribution in [-0.4, -0.2) is 42.6 Å². The van der Waals surface area contributed by atoms with Gasteiger partial charge in [0.05, 0.1) is 7.11 Å². The molecular formula is C24H29NO4S. The largest absolute Gasteiger partial charge is 0.497 e. The third-order valence-corrected chi connectivity index (χ3v) is 5.97. The molecule has 6 heteroatoms. The van der Waals surface area contributed by atoms with Gasteiger partial charge in [-0.3, -0.25) is 4.79 Å². The fourth-order valence-corrected chi connectivity index (χ4v) is 4.17. The van der Waals surface area contributed by atoms with Gasteiger partial charge < -0.3 is 14.4 Å². The summed E-state index contributed by atoms with van der Waals surface area (Å²) in [7, 11) is 1.65. The van der Waals surface area contributed by atoms with Crippen molar-refractivity contribution in [3.8, 4) is 5.75 Å². The predicted octanol–water partition coefficient (Wildman–Crippen LogP) is 5.68. The van der Waals surface area contributed by atoms with Crippen molar-refractivity contribution in [2.24, 2.45) is 5.92 Å². The molecular weight excluding hydrogens is 398 g/mol. The Bertz CT molecular complexity index is 864. The molecule has 0 unspecified atom stereocenters. The topological polar surface area (TPSA) is 55.8 Å². The van der Waals surface area contributed by atoms with Crippen LogP contribution in [0, 0.1) is 5.92 Å². The average Bonchev–Trinajstić information content (AvgIpc) is 2.73. The lowest BCUT2D eigenvalue weighted by Crippen LogP contribution is -2.43.